The summed E-state index contributed by atoms with van der Waals surface area (Å²) >= 11 is 1.15. The summed E-state index contributed by atoms with van der Waals surface area (Å²) in [6.07, 6.45) is 2.98. The topological polar surface area (TPSA) is 92.8 Å². The molecule has 1 saturated heterocycles. The number of hydrogen-bond acceptors (Lipinski definition) is 7. The van der Waals surface area contributed by atoms with Gasteiger partial charge in [-0.3, -0.25) is 9.79 Å². The average Bonchev–Trinajstić information content (AvgIpc) is 3.21. The molecular formula is C21H22FN3O5S. The van der Waals surface area contributed by atoms with Crippen LogP contribution in [-0.2, 0) is 9.47 Å². The maximum Gasteiger partial charge on any atom is 0.342 e. The third-order valence-corrected chi connectivity index (χ3v) is 6.11. The Morgan fingerprint density at radius 2 is 2.32 bits per heavy atom. The van der Waals surface area contributed by atoms with Crippen molar-refractivity contribution < 1.29 is 23.8 Å². The van der Waals surface area contributed by atoms with Crippen LogP contribution in [0.3, 0.4) is 0 Å². The van der Waals surface area contributed by atoms with Crippen LogP contribution in [0.15, 0.2) is 27.4 Å². The lowest BCUT2D eigenvalue weighted by atomic mass is 10.0. The molecule has 164 valence electrons. The summed E-state index contributed by atoms with van der Waals surface area (Å²) in [5, 5.41) is 11.3. The quantitative estimate of drug-likeness (QED) is 0.584. The van der Waals surface area contributed by atoms with Crippen molar-refractivity contribution in [1.82, 2.24) is 4.40 Å². The average molecular weight is 447 g/mol. The number of halogens is 1. The van der Waals surface area contributed by atoms with E-state index >= 15 is 4.39 Å². The van der Waals surface area contributed by atoms with Gasteiger partial charge < -0.3 is 23.9 Å². The number of rotatable bonds is 6. The predicted molar refractivity (Wildman–Crippen MR) is 118 cm³/mol. The number of carboxylic acid groups (broad SMARTS) is 1. The summed E-state index contributed by atoms with van der Waals surface area (Å²) in [5.41, 5.74) is 0.0954. The second-order valence-electron chi connectivity index (χ2n) is 7.09. The SMILES string of the molecule is CCOCC1CN(c2c(F)cc3c(=O)c(C(=O)O)c4sccn4c3c2C=NC)CCO1. The van der Waals surface area contributed by atoms with Gasteiger partial charge in [-0.25, -0.2) is 9.18 Å². The standard InChI is InChI=1S/C21H22FN3O5S/c1-3-29-11-12-10-24(4-6-30-12)18-14(9-23-2)17-13(8-15(18)22)19(26)16(21(27)28)20-25(17)5-7-31-20/h5,7-9,12H,3-4,6,10-11H2,1-2H3,(H,27,28). The minimum atomic E-state index is -1.34. The number of carboxylic acids is 1. The van der Waals surface area contributed by atoms with Crippen LogP contribution >= 0.6 is 11.3 Å². The van der Waals surface area contributed by atoms with E-state index in [0.717, 1.165) is 17.4 Å². The lowest BCUT2D eigenvalue weighted by Gasteiger charge is -2.35. The summed E-state index contributed by atoms with van der Waals surface area (Å²) < 4.78 is 28.3. The number of pyridine rings is 1. The van der Waals surface area contributed by atoms with E-state index in [9.17, 15) is 14.7 Å². The predicted octanol–water partition coefficient (Wildman–Crippen LogP) is 2.64. The third kappa shape index (κ3) is 3.71. The van der Waals surface area contributed by atoms with Gasteiger partial charge in [0.05, 0.1) is 35.9 Å². The Bertz CT molecular complexity index is 1240. The summed E-state index contributed by atoms with van der Waals surface area (Å²) in [6, 6.07) is 1.13. The molecule has 2 aromatic heterocycles. The van der Waals surface area contributed by atoms with Crippen molar-refractivity contribution >= 4 is 44.9 Å². The fraction of sp³-hybridized carbons (Fsp3) is 0.381. The molecule has 0 saturated carbocycles. The Kier molecular flexibility index (Phi) is 6.03. The van der Waals surface area contributed by atoms with Crippen molar-refractivity contribution in [3.63, 3.8) is 0 Å². The number of thiazole rings is 1. The highest BCUT2D eigenvalue weighted by atomic mass is 32.1. The van der Waals surface area contributed by atoms with Crippen LogP contribution in [0.25, 0.3) is 15.7 Å². The first-order valence-corrected chi connectivity index (χ1v) is 10.7. The van der Waals surface area contributed by atoms with Crippen molar-refractivity contribution in [2.75, 3.05) is 44.9 Å². The molecule has 4 rings (SSSR count). The number of anilines is 1. The van der Waals surface area contributed by atoms with Crippen LogP contribution in [0.5, 0.6) is 0 Å². The number of aliphatic imine (C=N–C) groups is 1. The highest BCUT2D eigenvalue weighted by Gasteiger charge is 2.28. The van der Waals surface area contributed by atoms with Crippen LogP contribution in [0, 0.1) is 5.82 Å². The molecule has 3 aromatic rings. The molecule has 10 heteroatoms. The van der Waals surface area contributed by atoms with Gasteiger partial charge in [0.2, 0.25) is 5.43 Å². The molecule has 3 heterocycles. The number of ether oxygens (including phenoxy) is 2. The molecule has 0 amide bonds. The zero-order chi connectivity index (χ0) is 22.1. The first kappa shape index (κ1) is 21.4. The largest absolute Gasteiger partial charge is 0.477 e. The number of nitrogens with zero attached hydrogens (tertiary/aromatic N) is 3. The molecule has 1 N–H and O–H groups in total. The number of hydrogen-bond donors (Lipinski definition) is 1. The second-order valence-corrected chi connectivity index (χ2v) is 7.98. The van der Waals surface area contributed by atoms with Gasteiger partial charge in [-0.05, 0) is 13.0 Å². The Morgan fingerprint density at radius 3 is 3.03 bits per heavy atom. The Hall–Kier alpha value is -2.82. The van der Waals surface area contributed by atoms with Gasteiger partial charge in [0.1, 0.15) is 16.2 Å². The molecule has 8 nitrogen and oxygen atoms in total. The number of morpholine rings is 1. The lowest BCUT2D eigenvalue weighted by Crippen LogP contribution is -2.45. The first-order chi connectivity index (χ1) is 15.0. The van der Waals surface area contributed by atoms with E-state index in [1.807, 2.05) is 11.8 Å². The molecule has 1 unspecified atom stereocenters. The van der Waals surface area contributed by atoms with E-state index < -0.39 is 17.2 Å². The highest BCUT2D eigenvalue weighted by molar-refractivity contribution is 7.16. The monoisotopic (exact) mass is 447 g/mol. The molecule has 1 aliphatic heterocycles. The summed E-state index contributed by atoms with van der Waals surface area (Å²) in [5.74, 6) is -1.95. The van der Waals surface area contributed by atoms with Gasteiger partial charge in [0.15, 0.2) is 0 Å². The van der Waals surface area contributed by atoms with Crippen LogP contribution in [-0.4, -0.2) is 67.8 Å². The molecule has 1 aromatic carbocycles. The number of carbonyl (C=O) groups is 1. The molecule has 1 atom stereocenters. The Morgan fingerprint density at radius 1 is 1.52 bits per heavy atom. The third-order valence-electron chi connectivity index (χ3n) is 5.23. The molecule has 0 radical (unpaired) electrons. The van der Waals surface area contributed by atoms with Crippen molar-refractivity contribution in [1.29, 1.82) is 0 Å². The van der Waals surface area contributed by atoms with Gasteiger partial charge in [-0.1, -0.05) is 0 Å². The normalized spacial score (nSPS) is 17.3. The molecule has 0 bridgehead atoms. The van der Waals surface area contributed by atoms with Crippen LogP contribution in [0.1, 0.15) is 22.8 Å². The summed E-state index contributed by atoms with van der Waals surface area (Å²) in [4.78, 5) is 31.0. The minimum absolute atomic E-state index is 0.00331. The summed E-state index contributed by atoms with van der Waals surface area (Å²) in [6.45, 7) is 4.14. The zero-order valence-electron chi connectivity index (χ0n) is 17.1. The fourth-order valence-electron chi connectivity index (χ4n) is 3.98. The lowest BCUT2D eigenvalue weighted by molar-refractivity contribution is -0.0208. The maximum absolute atomic E-state index is 15.4. The van der Waals surface area contributed by atoms with Crippen molar-refractivity contribution in [3.8, 4) is 0 Å². The van der Waals surface area contributed by atoms with E-state index in [4.69, 9.17) is 9.47 Å². The molecule has 0 spiro atoms. The van der Waals surface area contributed by atoms with Crippen LogP contribution in [0.2, 0.25) is 0 Å². The minimum Gasteiger partial charge on any atom is -0.477 e. The van der Waals surface area contributed by atoms with Gasteiger partial charge in [-0.15, -0.1) is 11.3 Å². The highest BCUT2D eigenvalue weighted by Crippen LogP contribution is 2.33. The number of aromatic carboxylic acids is 1. The van der Waals surface area contributed by atoms with Gasteiger partial charge in [-0.2, -0.15) is 0 Å². The zero-order valence-corrected chi connectivity index (χ0v) is 17.9. The van der Waals surface area contributed by atoms with Crippen molar-refractivity contribution in [3.05, 3.63) is 44.8 Å². The van der Waals surface area contributed by atoms with E-state index in [2.05, 4.69) is 4.99 Å². The fourth-order valence-corrected chi connectivity index (χ4v) is 4.86. The second kappa shape index (κ2) is 8.74. The van der Waals surface area contributed by atoms with Crippen LogP contribution < -0.4 is 10.3 Å². The molecule has 31 heavy (non-hydrogen) atoms. The van der Waals surface area contributed by atoms with E-state index in [1.54, 1.807) is 23.0 Å². The number of fused-ring (bicyclic) bond motifs is 3. The van der Waals surface area contributed by atoms with E-state index in [0.29, 0.717) is 54.5 Å². The van der Waals surface area contributed by atoms with Gasteiger partial charge in [0, 0.05) is 50.1 Å². The molecular weight excluding hydrogens is 425 g/mol. The first-order valence-electron chi connectivity index (χ1n) is 9.85. The Balaban J connectivity index is 1.99. The number of benzene rings is 1. The van der Waals surface area contributed by atoms with Crippen LogP contribution in [0.4, 0.5) is 10.1 Å². The molecule has 1 fully saturated rings. The number of aromatic nitrogens is 1. The van der Waals surface area contributed by atoms with Gasteiger partial charge in [0.25, 0.3) is 0 Å². The molecule has 1 aliphatic rings. The van der Waals surface area contributed by atoms with Crippen molar-refractivity contribution in [2.24, 2.45) is 4.99 Å². The Labute approximate surface area is 181 Å². The van der Waals surface area contributed by atoms with Gasteiger partial charge >= 0.3 is 5.97 Å². The van der Waals surface area contributed by atoms with E-state index in [1.165, 1.54) is 6.21 Å². The smallest absolute Gasteiger partial charge is 0.342 e. The maximum atomic E-state index is 15.4. The van der Waals surface area contributed by atoms with Crippen molar-refractivity contribution in [2.45, 2.75) is 13.0 Å². The van der Waals surface area contributed by atoms with E-state index in [-0.39, 0.29) is 17.1 Å². The summed E-state index contributed by atoms with van der Waals surface area (Å²) in [7, 11) is 1.57. The molecule has 0 aliphatic carbocycles.